The number of allylic oxidation sites excluding steroid dienone is 5. The second-order valence-corrected chi connectivity index (χ2v) is 9.64. The number of phenols is 1. The average molecular weight is 491 g/mol. The van der Waals surface area contributed by atoms with Gasteiger partial charge in [0, 0.05) is 5.56 Å². The molecular formula is C28H42O7. The van der Waals surface area contributed by atoms with Crippen molar-refractivity contribution < 1.29 is 35.0 Å². The molecular weight excluding hydrogens is 448 g/mol. The highest BCUT2D eigenvalue weighted by Crippen LogP contribution is 2.32. The van der Waals surface area contributed by atoms with Crippen molar-refractivity contribution in [2.45, 2.75) is 97.4 Å². The summed E-state index contributed by atoms with van der Waals surface area (Å²) < 4.78 is 11.5. The van der Waals surface area contributed by atoms with Crippen molar-refractivity contribution in [1.82, 2.24) is 0 Å². The minimum absolute atomic E-state index is 0.108. The van der Waals surface area contributed by atoms with Crippen LogP contribution in [0, 0.1) is 6.92 Å². The number of ether oxygens (including phenoxy) is 2. The first kappa shape index (κ1) is 29.1. The van der Waals surface area contributed by atoms with E-state index in [1.807, 2.05) is 6.92 Å². The minimum atomic E-state index is -1.40. The van der Waals surface area contributed by atoms with Gasteiger partial charge >= 0.3 is 0 Å². The van der Waals surface area contributed by atoms with Gasteiger partial charge in [0.1, 0.15) is 29.8 Å². The standard InChI is InChI=1S/C28H42O7/c1-17(9-7-11-19(3)16-29)8-6-10-18(2)12-13-22-15-23(30)20(4)14-24(22)35-28-27(33)26(32)25(31)21(5)34-28/h8,11-12,14-15,21,25-33H,6-7,9-10,13,16H2,1-5H3/b17-8+,18-12+,19-11-/t21-,25-,26+,27+,28-/m0/s1. The van der Waals surface area contributed by atoms with E-state index in [2.05, 4.69) is 32.1 Å². The molecule has 0 amide bonds. The zero-order valence-corrected chi connectivity index (χ0v) is 21.6. The molecule has 1 heterocycles. The topological polar surface area (TPSA) is 120 Å². The Morgan fingerprint density at radius 3 is 2.14 bits per heavy atom. The summed E-state index contributed by atoms with van der Waals surface area (Å²) in [6.07, 6.45) is 4.84. The number of hydrogen-bond acceptors (Lipinski definition) is 7. The largest absolute Gasteiger partial charge is 0.508 e. The van der Waals surface area contributed by atoms with Crippen molar-refractivity contribution in [3.05, 3.63) is 58.2 Å². The third kappa shape index (κ3) is 8.78. The van der Waals surface area contributed by atoms with Crippen molar-refractivity contribution in [3.8, 4) is 11.5 Å². The van der Waals surface area contributed by atoms with E-state index in [-0.39, 0.29) is 12.4 Å². The Labute approximate surface area is 209 Å². The SMILES string of the molecule is C/C(=C/CC/C(C)=C/CC/C(C)=C/Cc1cc(O)c(C)cc1O[C@@H]1O[C@@H](C)[C@H](O)[C@@H](O)[C@H]1O)CO. The van der Waals surface area contributed by atoms with Crippen LogP contribution in [0.2, 0.25) is 0 Å². The lowest BCUT2D eigenvalue weighted by atomic mass is 9.99. The van der Waals surface area contributed by atoms with E-state index < -0.39 is 30.7 Å². The van der Waals surface area contributed by atoms with Crippen molar-refractivity contribution in [3.63, 3.8) is 0 Å². The van der Waals surface area contributed by atoms with Gasteiger partial charge in [-0.15, -0.1) is 0 Å². The summed E-state index contributed by atoms with van der Waals surface area (Å²) in [6, 6.07) is 3.33. The highest BCUT2D eigenvalue weighted by atomic mass is 16.7. The zero-order valence-electron chi connectivity index (χ0n) is 21.6. The molecule has 1 aliphatic rings. The molecule has 1 aromatic rings. The van der Waals surface area contributed by atoms with Gasteiger partial charge in [-0.2, -0.15) is 0 Å². The lowest BCUT2D eigenvalue weighted by Gasteiger charge is -2.39. The summed E-state index contributed by atoms with van der Waals surface area (Å²) in [5.74, 6) is 0.600. The molecule has 0 spiro atoms. The summed E-state index contributed by atoms with van der Waals surface area (Å²) in [4.78, 5) is 0. The number of aliphatic hydroxyl groups excluding tert-OH is 4. The Hall–Kier alpha value is -2.16. The van der Waals surface area contributed by atoms with Crippen molar-refractivity contribution >= 4 is 0 Å². The quantitative estimate of drug-likeness (QED) is 0.299. The second-order valence-electron chi connectivity index (χ2n) is 9.64. The molecule has 0 aromatic heterocycles. The molecule has 1 saturated heterocycles. The summed E-state index contributed by atoms with van der Waals surface area (Å²) in [5.41, 5.74) is 4.88. The van der Waals surface area contributed by atoms with Crippen molar-refractivity contribution in [2.24, 2.45) is 0 Å². The second kappa shape index (κ2) is 13.8. The summed E-state index contributed by atoms with van der Waals surface area (Å²) in [6.45, 7) is 9.58. The molecule has 1 aromatic carbocycles. The molecule has 0 saturated carbocycles. The fourth-order valence-corrected chi connectivity index (χ4v) is 3.86. The molecule has 5 atom stereocenters. The van der Waals surface area contributed by atoms with Crippen LogP contribution in [-0.2, 0) is 11.2 Å². The van der Waals surface area contributed by atoms with Gasteiger partial charge in [0.15, 0.2) is 0 Å². The van der Waals surface area contributed by atoms with Gasteiger partial charge in [0.05, 0.1) is 12.7 Å². The fraction of sp³-hybridized carbons (Fsp3) is 0.571. The van der Waals surface area contributed by atoms with Gasteiger partial charge in [-0.25, -0.2) is 0 Å². The molecule has 196 valence electrons. The highest BCUT2D eigenvalue weighted by Gasteiger charge is 2.43. The summed E-state index contributed by atoms with van der Waals surface area (Å²) >= 11 is 0. The molecule has 0 radical (unpaired) electrons. The van der Waals surface area contributed by atoms with E-state index >= 15 is 0 Å². The molecule has 35 heavy (non-hydrogen) atoms. The third-order valence-electron chi connectivity index (χ3n) is 6.41. The number of hydrogen-bond donors (Lipinski definition) is 5. The van der Waals surface area contributed by atoms with E-state index in [4.69, 9.17) is 14.6 Å². The highest BCUT2D eigenvalue weighted by molar-refractivity contribution is 5.46. The maximum absolute atomic E-state index is 10.3. The normalized spacial score (nSPS) is 26.2. The van der Waals surface area contributed by atoms with E-state index in [0.29, 0.717) is 17.7 Å². The van der Waals surface area contributed by atoms with Gasteiger partial charge in [0.2, 0.25) is 6.29 Å². The van der Waals surface area contributed by atoms with Gasteiger partial charge in [-0.1, -0.05) is 34.9 Å². The van der Waals surface area contributed by atoms with E-state index in [1.165, 1.54) is 11.1 Å². The molecule has 2 rings (SSSR count). The van der Waals surface area contributed by atoms with Crippen LogP contribution in [0.1, 0.15) is 64.5 Å². The van der Waals surface area contributed by atoms with Gasteiger partial charge in [-0.3, -0.25) is 0 Å². The van der Waals surface area contributed by atoms with Crippen molar-refractivity contribution in [2.75, 3.05) is 6.61 Å². The predicted molar refractivity (Wildman–Crippen MR) is 136 cm³/mol. The molecule has 1 aliphatic heterocycles. The number of benzene rings is 1. The Kier molecular flexibility index (Phi) is 11.5. The summed E-state index contributed by atoms with van der Waals surface area (Å²) in [7, 11) is 0. The smallest absolute Gasteiger partial charge is 0.229 e. The van der Waals surface area contributed by atoms with Gasteiger partial charge in [0.25, 0.3) is 0 Å². The molecule has 1 fully saturated rings. The average Bonchev–Trinajstić information content (AvgIpc) is 2.82. The van der Waals surface area contributed by atoms with Gasteiger partial charge in [-0.05, 0) is 84.4 Å². The number of phenolic OH excluding ortho intramolecular Hbond substituents is 1. The van der Waals surface area contributed by atoms with Gasteiger partial charge < -0.3 is 35.0 Å². The van der Waals surface area contributed by atoms with Crippen LogP contribution in [-0.4, -0.2) is 62.8 Å². The lowest BCUT2D eigenvalue weighted by molar-refractivity contribution is -0.268. The van der Waals surface area contributed by atoms with E-state index in [1.54, 1.807) is 26.0 Å². The van der Waals surface area contributed by atoms with E-state index in [0.717, 1.165) is 36.8 Å². The third-order valence-corrected chi connectivity index (χ3v) is 6.41. The molecule has 0 unspecified atom stereocenters. The van der Waals surface area contributed by atoms with E-state index in [9.17, 15) is 20.4 Å². The van der Waals surface area contributed by atoms with Crippen LogP contribution in [0.5, 0.6) is 11.5 Å². The zero-order chi connectivity index (χ0) is 26.1. The Balaban J connectivity index is 2.02. The van der Waals surface area contributed by atoms with Crippen LogP contribution in [0.4, 0.5) is 0 Å². The van der Waals surface area contributed by atoms with Crippen LogP contribution < -0.4 is 4.74 Å². The maximum Gasteiger partial charge on any atom is 0.229 e. The molecule has 0 aliphatic carbocycles. The maximum atomic E-state index is 10.3. The molecule has 5 N–H and O–H groups in total. The van der Waals surface area contributed by atoms with Crippen LogP contribution in [0.25, 0.3) is 0 Å². The number of aliphatic hydroxyl groups is 4. The fourth-order valence-electron chi connectivity index (χ4n) is 3.86. The van der Waals surface area contributed by atoms with Crippen LogP contribution in [0.3, 0.4) is 0 Å². The number of aromatic hydroxyl groups is 1. The number of rotatable bonds is 11. The van der Waals surface area contributed by atoms with Crippen molar-refractivity contribution in [1.29, 1.82) is 0 Å². The monoisotopic (exact) mass is 490 g/mol. The molecule has 0 bridgehead atoms. The Morgan fingerprint density at radius 2 is 1.51 bits per heavy atom. The first-order valence-electron chi connectivity index (χ1n) is 12.3. The number of aryl methyl sites for hydroxylation is 1. The minimum Gasteiger partial charge on any atom is -0.508 e. The van der Waals surface area contributed by atoms with Crippen LogP contribution >= 0.6 is 0 Å². The molecule has 7 heteroatoms. The lowest BCUT2D eigenvalue weighted by Crippen LogP contribution is -2.58. The first-order chi connectivity index (χ1) is 16.5. The summed E-state index contributed by atoms with van der Waals surface area (Å²) in [5, 5.41) is 49.6. The Morgan fingerprint density at radius 1 is 0.914 bits per heavy atom. The molecule has 7 nitrogen and oxygen atoms in total. The van der Waals surface area contributed by atoms with Crippen LogP contribution in [0.15, 0.2) is 47.1 Å². The predicted octanol–water partition coefficient (Wildman–Crippen LogP) is 3.84. The first-order valence-corrected chi connectivity index (χ1v) is 12.3. The Bertz CT molecular complexity index is 918.